The van der Waals surface area contributed by atoms with Gasteiger partial charge >= 0.3 is 0 Å². The standard InChI is InChI=1S/C19H21F2N5O2/c1-11(8-23-18(28)15-14-6-7-19(20,21)16(14)15)25-17(27)12-2-4-13(5-3-12)26-10-22-9-24-26/h2-5,9-11,14-16H,6-8H2,1H3,(H,23,28)(H,25,27)/t11-,14+,15-,16+/m1/s1. The van der Waals surface area contributed by atoms with Gasteiger partial charge in [-0.3, -0.25) is 9.59 Å². The molecule has 2 fully saturated rings. The molecule has 28 heavy (non-hydrogen) atoms. The first-order valence-corrected chi connectivity index (χ1v) is 9.28. The van der Waals surface area contributed by atoms with E-state index in [0.717, 1.165) is 5.69 Å². The van der Waals surface area contributed by atoms with E-state index in [0.29, 0.717) is 12.0 Å². The first-order valence-electron chi connectivity index (χ1n) is 9.28. The van der Waals surface area contributed by atoms with Crippen molar-refractivity contribution in [2.75, 3.05) is 6.54 Å². The van der Waals surface area contributed by atoms with Crippen LogP contribution >= 0.6 is 0 Å². The Morgan fingerprint density at radius 3 is 2.68 bits per heavy atom. The number of benzene rings is 1. The zero-order valence-corrected chi connectivity index (χ0v) is 15.3. The van der Waals surface area contributed by atoms with Crippen molar-refractivity contribution in [2.24, 2.45) is 17.8 Å². The molecule has 0 saturated heterocycles. The molecular formula is C19H21F2N5O2. The second kappa shape index (κ2) is 6.96. The minimum atomic E-state index is -2.72. The van der Waals surface area contributed by atoms with Gasteiger partial charge in [0.25, 0.3) is 11.8 Å². The van der Waals surface area contributed by atoms with Crippen molar-refractivity contribution in [3.63, 3.8) is 0 Å². The third-order valence-electron chi connectivity index (χ3n) is 5.54. The van der Waals surface area contributed by atoms with E-state index in [1.54, 1.807) is 42.2 Å². The van der Waals surface area contributed by atoms with Crippen LogP contribution in [0.1, 0.15) is 30.1 Å². The topological polar surface area (TPSA) is 88.9 Å². The van der Waals surface area contributed by atoms with Gasteiger partial charge in [-0.25, -0.2) is 18.4 Å². The lowest BCUT2D eigenvalue weighted by Gasteiger charge is -2.17. The predicted molar refractivity (Wildman–Crippen MR) is 95.9 cm³/mol. The Kier molecular flexibility index (Phi) is 4.60. The number of halogens is 2. The highest BCUT2D eigenvalue weighted by Gasteiger charge is 2.69. The molecule has 9 heteroatoms. The van der Waals surface area contributed by atoms with Crippen LogP contribution < -0.4 is 10.6 Å². The number of carbonyl (C=O) groups is 2. The fourth-order valence-corrected chi connectivity index (χ4v) is 4.03. The number of fused-ring (bicyclic) bond motifs is 1. The number of amides is 2. The highest BCUT2D eigenvalue weighted by atomic mass is 19.3. The summed E-state index contributed by atoms with van der Waals surface area (Å²) in [6.07, 6.45) is 3.27. The van der Waals surface area contributed by atoms with Crippen LogP contribution in [0.5, 0.6) is 0 Å². The largest absolute Gasteiger partial charge is 0.354 e. The van der Waals surface area contributed by atoms with Crippen LogP contribution in [0.4, 0.5) is 8.78 Å². The molecule has 148 valence electrons. The van der Waals surface area contributed by atoms with E-state index < -0.39 is 17.8 Å². The average molecular weight is 389 g/mol. The summed E-state index contributed by atoms with van der Waals surface area (Å²) < 4.78 is 28.8. The van der Waals surface area contributed by atoms with Crippen molar-refractivity contribution >= 4 is 11.8 Å². The van der Waals surface area contributed by atoms with Gasteiger partial charge in [-0.2, -0.15) is 5.10 Å². The van der Waals surface area contributed by atoms with Crippen LogP contribution in [0, 0.1) is 17.8 Å². The van der Waals surface area contributed by atoms with Crippen molar-refractivity contribution in [3.8, 4) is 5.69 Å². The Morgan fingerprint density at radius 2 is 2.07 bits per heavy atom. The molecule has 4 atom stereocenters. The lowest BCUT2D eigenvalue weighted by Crippen LogP contribution is -2.42. The summed E-state index contributed by atoms with van der Waals surface area (Å²) in [5, 5.41) is 9.50. The third kappa shape index (κ3) is 3.48. The Morgan fingerprint density at radius 1 is 1.32 bits per heavy atom. The lowest BCUT2D eigenvalue weighted by molar-refractivity contribution is -0.125. The van der Waals surface area contributed by atoms with Crippen LogP contribution in [0.3, 0.4) is 0 Å². The molecule has 2 saturated carbocycles. The van der Waals surface area contributed by atoms with Crippen molar-refractivity contribution in [2.45, 2.75) is 31.7 Å². The van der Waals surface area contributed by atoms with Crippen molar-refractivity contribution in [1.29, 1.82) is 0 Å². The molecule has 2 aromatic rings. The normalized spacial score (nSPS) is 25.6. The van der Waals surface area contributed by atoms with Crippen molar-refractivity contribution in [3.05, 3.63) is 42.5 Å². The highest BCUT2D eigenvalue weighted by Crippen LogP contribution is 2.64. The molecule has 2 aliphatic carbocycles. The SMILES string of the molecule is C[C@H](CNC(=O)[C@@H]1[C@@H]2CCC(F)(F)[C@@H]21)NC(=O)c1ccc(-n2cncn2)cc1. The van der Waals surface area contributed by atoms with Gasteiger partial charge in [0, 0.05) is 30.5 Å². The van der Waals surface area contributed by atoms with E-state index in [1.807, 2.05) is 0 Å². The molecular weight excluding hydrogens is 368 g/mol. The molecule has 0 spiro atoms. The Hall–Kier alpha value is -2.84. The summed E-state index contributed by atoms with van der Waals surface area (Å²) >= 11 is 0. The number of nitrogens with zero attached hydrogens (tertiary/aromatic N) is 3. The Labute approximate surface area is 160 Å². The van der Waals surface area contributed by atoms with Crippen LogP contribution in [0.25, 0.3) is 5.69 Å². The van der Waals surface area contributed by atoms with Gasteiger partial charge in [-0.15, -0.1) is 0 Å². The number of hydrogen-bond donors (Lipinski definition) is 2. The van der Waals surface area contributed by atoms with Crippen LogP contribution in [0.2, 0.25) is 0 Å². The average Bonchev–Trinajstić information content (AvgIpc) is 3.00. The van der Waals surface area contributed by atoms with Gasteiger partial charge in [0.2, 0.25) is 5.91 Å². The summed E-state index contributed by atoms with van der Waals surface area (Å²) in [7, 11) is 0. The van der Waals surface area contributed by atoms with Gasteiger partial charge in [-0.1, -0.05) is 0 Å². The van der Waals surface area contributed by atoms with Crippen LogP contribution in [0.15, 0.2) is 36.9 Å². The highest BCUT2D eigenvalue weighted by molar-refractivity contribution is 5.94. The molecule has 1 aromatic carbocycles. The summed E-state index contributed by atoms with van der Waals surface area (Å²) in [6, 6.07) is 6.52. The molecule has 0 radical (unpaired) electrons. The van der Waals surface area contributed by atoms with E-state index >= 15 is 0 Å². The van der Waals surface area contributed by atoms with Crippen LogP contribution in [-0.2, 0) is 4.79 Å². The zero-order valence-electron chi connectivity index (χ0n) is 15.3. The summed E-state index contributed by atoms with van der Waals surface area (Å²) in [5.41, 5.74) is 1.25. The fraction of sp³-hybridized carbons (Fsp3) is 0.474. The molecule has 2 amide bonds. The molecule has 4 rings (SSSR count). The minimum Gasteiger partial charge on any atom is -0.354 e. The Bertz CT molecular complexity index is 869. The van der Waals surface area contributed by atoms with Gasteiger partial charge in [0.05, 0.1) is 11.6 Å². The van der Waals surface area contributed by atoms with E-state index in [9.17, 15) is 18.4 Å². The van der Waals surface area contributed by atoms with Crippen molar-refractivity contribution in [1.82, 2.24) is 25.4 Å². The minimum absolute atomic E-state index is 0.117. The zero-order chi connectivity index (χ0) is 19.9. The maximum atomic E-state index is 13.6. The second-order valence-electron chi connectivity index (χ2n) is 7.52. The van der Waals surface area contributed by atoms with E-state index in [4.69, 9.17) is 0 Å². The predicted octanol–water partition coefficient (Wildman–Crippen LogP) is 1.79. The van der Waals surface area contributed by atoms with Gasteiger partial charge in [-0.05, 0) is 43.5 Å². The first kappa shape index (κ1) is 18.5. The molecule has 7 nitrogen and oxygen atoms in total. The summed E-state index contributed by atoms with van der Waals surface area (Å²) in [4.78, 5) is 28.3. The fourth-order valence-electron chi connectivity index (χ4n) is 4.03. The van der Waals surface area contributed by atoms with Gasteiger partial charge in [0.1, 0.15) is 12.7 Å². The number of alkyl halides is 2. The first-order chi connectivity index (χ1) is 13.4. The number of carbonyl (C=O) groups excluding carboxylic acids is 2. The maximum absolute atomic E-state index is 13.6. The molecule has 2 aliphatic rings. The molecule has 1 aromatic heterocycles. The Balaban J connectivity index is 1.25. The molecule has 0 bridgehead atoms. The van der Waals surface area contributed by atoms with Crippen LogP contribution in [-0.4, -0.2) is 45.1 Å². The lowest BCUT2D eigenvalue weighted by atomic mass is 10.1. The summed E-state index contributed by atoms with van der Waals surface area (Å²) in [5.74, 6) is -4.92. The number of nitrogens with one attached hydrogen (secondary N) is 2. The van der Waals surface area contributed by atoms with Gasteiger partial charge < -0.3 is 10.6 Å². The quantitative estimate of drug-likeness (QED) is 0.788. The van der Waals surface area contributed by atoms with E-state index in [1.165, 1.54) is 6.33 Å². The third-order valence-corrected chi connectivity index (χ3v) is 5.54. The molecule has 0 unspecified atom stereocenters. The number of hydrogen-bond acceptors (Lipinski definition) is 4. The summed E-state index contributed by atoms with van der Waals surface area (Å²) in [6.45, 7) is 1.95. The number of rotatable bonds is 6. The second-order valence-corrected chi connectivity index (χ2v) is 7.52. The van der Waals surface area contributed by atoms with Crippen molar-refractivity contribution < 1.29 is 18.4 Å². The van der Waals surface area contributed by atoms with E-state index in [-0.39, 0.29) is 36.7 Å². The smallest absolute Gasteiger partial charge is 0.252 e. The molecule has 2 N–H and O–H groups in total. The van der Waals surface area contributed by atoms with Gasteiger partial charge in [0.15, 0.2) is 0 Å². The number of aromatic nitrogens is 3. The molecule has 0 aliphatic heterocycles. The molecule has 1 heterocycles. The maximum Gasteiger partial charge on any atom is 0.252 e. The monoisotopic (exact) mass is 389 g/mol. The van der Waals surface area contributed by atoms with E-state index in [2.05, 4.69) is 20.7 Å².